The summed E-state index contributed by atoms with van der Waals surface area (Å²) in [5, 5.41) is 14.2. The summed E-state index contributed by atoms with van der Waals surface area (Å²) >= 11 is 0. The molecule has 3 rings (SSSR count). The summed E-state index contributed by atoms with van der Waals surface area (Å²) in [7, 11) is 0. The zero-order valence-electron chi connectivity index (χ0n) is 11.3. The van der Waals surface area contributed by atoms with Gasteiger partial charge in [0, 0.05) is 6.07 Å². The molecule has 4 heteroatoms. The van der Waals surface area contributed by atoms with Crippen molar-refractivity contribution >= 4 is 5.82 Å². The van der Waals surface area contributed by atoms with Crippen molar-refractivity contribution in [3.05, 3.63) is 28.3 Å². The van der Waals surface area contributed by atoms with Crippen molar-refractivity contribution < 1.29 is 9.63 Å². The van der Waals surface area contributed by atoms with Crippen molar-refractivity contribution in [2.45, 2.75) is 39.5 Å². The minimum Gasteiger partial charge on any atom is -0.507 e. The third kappa shape index (κ3) is 1.79. The van der Waals surface area contributed by atoms with Gasteiger partial charge in [-0.15, -0.1) is 0 Å². The summed E-state index contributed by atoms with van der Waals surface area (Å²) in [5.74, 6) is 1.18. The molecule has 0 saturated heterocycles. The van der Waals surface area contributed by atoms with Crippen LogP contribution in [-0.2, 0) is 12.8 Å². The number of aromatic nitrogens is 1. The fraction of sp³-hybridized carbons (Fsp3) is 0.400. The number of aromatic hydroxyl groups is 1. The average Bonchev–Trinajstić information content (AvgIpc) is 2.83. The largest absolute Gasteiger partial charge is 0.507 e. The minimum atomic E-state index is 0.300. The normalized spacial score (nSPS) is 14.4. The molecule has 0 atom stereocenters. The molecular weight excluding hydrogens is 240 g/mol. The molecule has 0 unspecified atom stereocenters. The minimum absolute atomic E-state index is 0.300. The summed E-state index contributed by atoms with van der Waals surface area (Å²) in [6.45, 7) is 4.01. The molecule has 0 fully saturated rings. The highest BCUT2D eigenvalue weighted by atomic mass is 16.5. The molecule has 0 bridgehead atoms. The predicted octanol–water partition coefficient (Wildman–Crippen LogP) is 3.13. The Morgan fingerprint density at radius 3 is 2.37 bits per heavy atom. The van der Waals surface area contributed by atoms with Gasteiger partial charge in [0.15, 0.2) is 11.6 Å². The summed E-state index contributed by atoms with van der Waals surface area (Å²) in [5.41, 5.74) is 11.1. The van der Waals surface area contributed by atoms with Crippen LogP contribution in [0.25, 0.3) is 11.3 Å². The zero-order valence-corrected chi connectivity index (χ0v) is 11.3. The highest BCUT2D eigenvalue weighted by molar-refractivity contribution is 5.75. The number of nitrogen functional groups attached to an aromatic ring is 1. The van der Waals surface area contributed by atoms with Crippen molar-refractivity contribution in [1.29, 1.82) is 0 Å². The summed E-state index contributed by atoms with van der Waals surface area (Å²) in [4.78, 5) is 0. The van der Waals surface area contributed by atoms with Crippen LogP contribution in [0.15, 0.2) is 10.6 Å². The molecule has 0 amide bonds. The van der Waals surface area contributed by atoms with E-state index in [1.165, 1.54) is 24.0 Å². The SMILES string of the molecule is Cc1c(O)c(-c2cc(N)no2)c(C)c2c1CCCC2. The third-order valence-electron chi connectivity index (χ3n) is 4.11. The van der Waals surface area contributed by atoms with E-state index in [-0.39, 0.29) is 0 Å². The lowest BCUT2D eigenvalue weighted by Gasteiger charge is -2.23. The van der Waals surface area contributed by atoms with E-state index in [4.69, 9.17) is 10.3 Å². The molecule has 3 N–H and O–H groups in total. The second-order valence-electron chi connectivity index (χ2n) is 5.25. The van der Waals surface area contributed by atoms with Crippen LogP contribution in [0.1, 0.15) is 35.1 Å². The quantitative estimate of drug-likeness (QED) is 0.824. The van der Waals surface area contributed by atoms with Gasteiger partial charge in [-0.05, 0) is 61.8 Å². The lowest BCUT2D eigenvalue weighted by molar-refractivity contribution is 0.427. The number of rotatable bonds is 1. The second kappa shape index (κ2) is 4.30. The van der Waals surface area contributed by atoms with E-state index in [1.807, 2.05) is 13.8 Å². The van der Waals surface area contributed by atoms with Gasteiger partial charge in [0.25, 0.3) is 0 Å². The van der Waals surface area contributed by atoms with Crippen LogP contribution < -0.4 is 5.73 Å². The number of hydrogen-bond donors (Lipinski definition) is 2. The van der Waals surface area contributed by atoms with Gasteiger partial charge in [0.1, 0.15) is 5.75 Å². The standard InChI is InChI=1S/C15H18N2O2/c1-8-10-5-3-4-6-11(10)9(2)15(18)14(8)12-7-13(16)17-19-12/h7,18H,3-6H2,1-2H3,(H2,16,17). The maximum Gasteiger partial charge on any atom is 0.173 e. The average molecular weight is 258 g/mol. The van der Waals surface area contributed by atoms with Crippen LogP contribution in [0.3, 0.4) is 0 Å². The Morgan fingerprint density at radius 2 is 1.79 bits per heavy atom. The second-order valence-corrected chi connectivity index (χ2v) is 5.25. The van der Waals surface area contributed by atoms with Crippen molar-refractivity contribution in [3.63, 3.8) is 0 Å². The number of benzene rings is 1. The van der Waals surface area contributed by atoms with Gasteiger partial charge in [-0.1, -0.05) is 5.16 Å². The Labute approximate surface area is 112 Å². The van der Waals surface area contributed by atoms with Crippen LogP contribution in [0.4, 0.5) is 5.82 Å². The molecule has 4 nitrogen and oxygen atoms in total. The first kappa shape index (κ1) is 12.1. The number of anilines is 1. The Morgan fingerprint density at radius 1 is 1.16 bits per heavy atom. The van der Waals surface area contributed by atoms with Gasteiger partial charge in [0.2, 0.25) is 0 Å². The van der Waals surface area contributed by atoms with Crippen LogP contribution in [0.5, 0.6) is 5.75 Å². The topological polar surface area (TPSA) is 72.3 Å². The maximum atomic E-state index is 10.5. The molecule has 1 aromatic carbocycles. The molecule has 0 spiro atoms. The molecule has 1 aromatic heterocycles. The first-order valence-corrected chi connectivity index (χ1v) is 6.66. The fourth-order valence-electron chi connectivity index (χ4n) is 3.10. The van der Waals surface area contributed by atoms with Gasteiger partial charge in [0.05, 0.1) is 5.56 Å². The van der Waals surface area contributed by atoms with Gasteiger partial charge in [-0.25, -0.2) is 0 Å². The van der Waals surface area contributed by atoms with Crippen molar-refractivity contribution in [1.82, 2.24) is 5.16 Å². The van der Waals surface area contributed by atoms with E-state index in [2.05, 4.69) is 5.16 Å². The van der Waals surface area contributed by atoms with E-state index >= 15 is 0 Å². The molecule has 100 valence electrons. The van der Waals surface area contributed by atoms with Gasteiger partial charge in [-0.2, -0.15) is 0 Å². The maximum absolute atomic E-state index is 10.5. The molecule has 0 radical (unpaired) electrons. The Balaban J connectivity index is 2.28. The summed E-state index contributed by atoms with van der Waals surface area (Å²) < 4.78 is 5.22. The molecule has 0 saturated carbocycles. The Hall–Kier alpha value is -1.97. The molecule has 1 heterocycles. The summed E-state index contributed by atoms with van der Waals surface area (Å²) in [6.07, 6.45) is 4.52. The first-order valence-electron chi connectivity index (χ1n) is 6.66. The fourth-order valence-corrected chi connectivity index (χ4v) is 3.10. The van der Waals surface area contributed by atoms with Gasteiger partial charge >= 0.3 is 0 Å². The molecule has 0 aliphatic heterocycles. The van der Waals surface area contributed by atoms with Gasteiger partial charge in [-0.3, -0.25) is 0 Å². The number of nitrogens with two attached hydrogens (primary N) is 1. The zero-order chi connectivity index (χ0) is 13.6. The van der Waals surface area contributed by atoms with Crippen LogP contribution in [-0.4, -0.2) is 10.3 Å². The summed E-state index contributed by atoms with van der Waals surface area (Å²) in [6, 6.07) is 1.66. The molecule has 1 aliphatic rings. The van der Waals surface area contributed by atoms with Crippen molar-refractivity contribution in [3.8, 4) is 17.1 Å². The first-order chi connectivity index (χ1) is 9.09. The highest BCUT2D eigenvalue weighted by Crippen LogP contribution is 2.42. The predicted molar refractivity (Wildman–Crippen MR) is 74.1 cm³/mol. The third-order valence-corrected chi connectivity index (χ3v) is 4.11. The molecule has 19 heavy (non-hydrogen) atoms. The number of phenolic OH excluding ortho intramolecular Hbond substituents is 1. The van der Waals surface area contributed by atoms with E-state index in [1.54, 1.807) is 6.07 Å². The van der Waals surface area contributed by atoms with E-state index < -0.39 is 0 Å². The Bertz CT molecular complexity index is 644. The van der Waals surface area contributed by atoms with Crippen LogP contribution in [0, 0.1) is 13.8 Å². The highest BCUT2D eigenvalue weighted by Gasteiger charge is 2.23. The number of nitrogens with zero attached hydrogens (tertiary/aromatic N) is 1. The van der Waals surface area contributed by atoms with Crippen LogP contribution in [0.2, 0.25) is 0 Å². The van der Waals surface area contributed by atoms with E-state index in [9.17, 15) is 5.11 Å². The van der Waals surface area contributed by atoms with Crippen molar-refractivity contribution in [2.24, 2.45) is 0 Å². The van der Waals surface area contributed by atoms with E-state index in [0.717, 1.165) is 29.5 Å². The number of fused-ring (bicyclic) bond motifs is 1. The molecule has 1 aliphatic carbocycles. The molecular formula is C15H18N2O2. The monoisotopic (exact) mass is 258 g/mol. The lowest BCUT2D eigenvalue weighted by atomic mass is 9.82. The van der Waals surface area contributed by atoms with Gasteiger partial charge < -0.3 is 15.4 Å². The molecule has 2 aromatic rings. The number of phenols is 1. The lowest BCUT2D eigenvalue weighted by Crippen LogP contribution is -2.08. The van der Waals surface area contributed by atoms with Crippen molar-refractivity contribution in [2.75, 3.05) is 5.73 Å². The van der Waals surface area contributed by atoms with Crippen LogP contribution >= 0.6 is 0 Å². The number of hydrogen-bond acceptors (Lipinski definition) is 4. The smallest absolute Gasteiger partial charge is 0.173 e. The van der Waals surface area contributed by atoms with E-state index in [0.29, 0.717) is 17.3 Å². The Kier molecular flexibility index (Phi) is 2.73.